The average molecular weight is 409 g/mol. The SMILES string of the molecule is CCCCc1ccc2c(N)c(C(=O)Nc3ccc(OC(F)(F)F)cc3)sc2n1. The highest BCUT2D eigenvalue weighted by molar-refractivity contribution is 7.21. The minimum Gasteiger partial charge on any atom is -0.406 e. The topological polar surface area (TPSA) is 77.2 Å². The number of hydrogen-bond acceptors (Lipinski definition) is 5. The summed E-state index contributed by atoms with van der Waals surface area (Å²) in [5.74, 6) is -0.809. The average Bonchev–Trinajstić information content (AvgIpc) is 2.97. The molecule has 0 aliphatic carbocycles. The number of unbranched alkanes of at least 4 members (excludes halogenated alkanes) is 1. The smallest absolute Gasteiger partial charge is 0.406 e. The first-order valence-electron chi connectivity index (χ1n) is 8.62. The van der Waals surface area contributed by atoms with Crippen molar-refractivity contribution in [2.45, 2.75) is 32.5 Å². The Labute approximate surface area is 163 Å². The van der Waals surface area contributed by atoms with Crippen LogP contribution in [0.4, 0.5) is 24.5 Å². The molecule has 148 valence electrons. The van der Waals surface area contributed by atoms with E-state index >= 15 is 0 Å². The lowest BCUT2D eigenvalue weighted by Gasteiger charge is -2.09. The van der Waals surface area contributed by atoms with Crippen LogP contribution in [0.25, 0.3) is 10.2 Å². The zero-order chi connectivity index (χ0) is 20.3. The molecule has 0 aliphatic rings. The van der Waals surface area contributed by atoms with Gasteiger partial charge in [0.05, 0.1) is 5.69 Å². The maximum absolute atomic E-state index is 12.6. The molecule has 0 saturated carbocycles. The van der Waals surface area contributed by atoms with Crippen LogP contribution >= 0.6 is 11.3 Å². The highest BCUT2D eigenvalue weighted by atomic mass is 32.1. The van der Waals surface area contributed by atoms with E-state index in [9.17, 15) is 18.0 Å². The first kappa shape index (κ1) is 19.9. The third kappa shape index (κ3) is 4.72. The molecule has 0 spiro atoms. The number of amides is 1. The summed E-state index contributed by atoms with van der Waals surface area (Å²) >= 11 is 1.19. The number of pyridine rings is 1. The summed E-state index contributed by atoms with van der Waals surface area (Å²) in [6, 6.07) is 8.66. The largest absolute Gasteiger partial charge is 0.573 e. The normalized spacial score (nSPS) is 11.6. The van der Waals surface area contributed by atoms with Crippen molar-refractivity contribution in [3.63, 3.8) is 0 Å². The monoisotopic (exact) mass is 409 g/mol. The number of nitrogen functional groups attached to an aromatic ring is 1. The summed E-state index contributed by atoms with van der Waals surface area (Å²) in [5, 5.41) is 3.34. The molecule has 0 aliphatic heterocycles. The molecule has 5 nitrogen and oxygen atoms in total. The number of aromatic nitrogens is 1. The van der Waals surface area contributed by atoms with E-state index in [2.05, 4.69) is 22.0 Å². The van der Waals surface area contributed by atoms with Gasteiger partial charge in [-0.2, -0.15) is 0 Å². The van der Waals surface area contributed by atoms with Gasteiger partial charge in [-0.25, -0.2) is 4.98 Å². The van der Waals surface area contributed by atoms with Crippen molar-refractivity contribution in [2.24, 2.45) is 0 Å². The summed E-state index contributed by atoms with van der Waals surface area (Å²) in [6.45, 7) is 2.10. The fourth-order valence-electron chi connectivity index (χ4n) is 2.63. The summed E-state index contributed by atoms with van der Waals surface area (Å²) in [6.07, 6.45) is -1.81. The van der Waals surface area contributed by atoms with Gasteiger partial charge in [0.1, 0.15) is 15.5 Å². The van der Waals surface area contributed by atoms with Crippen molar-refractivity contribution < 1.29 is 22.7 Å². The lowest BCUT2D eigenvalue weighted by molar-refractivity contribution is -0.274. The summed E-state index contributed by atoms with van der Waals surface area (Å²) in [7, 11) is 0. The first-order chi connectivity index (χ1) is 13.3. The van der Waals surface area contributed by atoms with Gasteiger partial charge in [-0.1, -0.05) is 13.3 Å². The van der Waals surface area contributed by atoms with Gasteiger partial charge in [-0.15, -0.1) is 24.5 Å². The lowest BCUT2D eigenvalue weighted by Crippen LogP contribution is -2.17. The third-order valence-corrected chi connectivity index (χ3v) is 5.10. The van der Waals surface area contributed by atoms with Crippen LogP contribution in [0.1, 0.15) is 35.1 Å². The number of benzene rings is 1. The van der Waals surface area contributed by atoms with E-state index in [0.29, 0.717) is 26.5 Å². The molecule has 0 bridgehead atoms. The standard InChI is InChI=1S/C19H18F3N3O2S/c1-2-3-4-11-7-10-14-15(23)16(28-18(14)25-11)17(26)24-12-5-8-13(9-6-12)27-19(20,21)22/h5-10H,2-4,23H2,1H3,(H,24,26). The number of thiophene rings is 1. The molecule has 0 atom stereocenters. The number of fused-ring (bicyclic) bond motifs is 1. The molecular formula is C19H18F3N3O2S. The van der Waals surface area contributed by atoms with Crippen molar-refractivity contribution in [1.82, 2.24) is 4.98 Å². The molecule has 0 fully saturated rings. The van der Waals surface area contributed by atoms with Crippen molar-refractivity contribution in [1.29, 1.82) is 0 Å². The number of aryl methyl sites for hydroxylation is 1. The van der Waals surface area contributed by atoms with Crippen LogP contribution < -0.4 is 15.8 Å². The first-order valence-corrected chi connectivity index (χ1v) is 9.43. The quantitative estimate of drug-likeness (QED) is 0.574. The van der Waals surface area contributed by atoms with E-state index in [0.717, 1.165) is 37.1 Å². The highest BCUT2D eigenvalue weighted by Crippen LogP contribution is 2.33. The molecule has 0 saturated heterocycles. The molecule has 2 aromatic heterocycles. The highest BCUT2D eigenvalue weighted by Gasteiger charge is 2.31. The van der Waals surface area contributed by atoms with Crippen molar-refractivity contribution in [3.05, 3.63) is 47.0 Å². The Balaban J connectivity index is 1.76. The second-order valence-corrected chi connectivity index (χ2v) is 7.13. The van der Waals surface area contributed by atoms with Crippen LogP contribution in [0.5, 0.6) is 5.75 Å². The van der Waals surface area contributed by atoms with E-state index in [1.807, 2.05) is 12.1 Å². The van der Waals surface area contributed by atoms with Gasteiger partial charge in [0.25, 0.3) is 5.91 Å². The second kappa shape index (κ2) is 8.05. The van der Waals surface area contributed by atoms with Gasteiger partial charge >= 0.3 is 6.36 Å². The Morgan fingerprint density at radius 2 is 1.93 bits per heavy atom. The van der Waals surface area contributed by atoms with E-state index in [4.69, 9.17) is 5.73 Å². The van der Waals surface area contributed by atoms with Gasteiger partial charge < -0.3 is 15.8 Å². The molecule has 9 heteroatoms. The van der Waals surface area contributed by atoms with Gasteiger partial charge in [0, 0.05) is 16.8 Å². The number of rotatable bonds is 6. The second-order valence-electron chi connectivity index (χ2n) is 6.13. The van der Waals surface area contributed by atoms with Crippen LogP contribution in [0.3, 0.4) is 0 Å². The molecule has 28 heavy (non-hydrogen) atoms. The number of nitrogens with zero attached hydrogens (tertiary/aromatic N) is 1. The van der Waals surface area contributed by atoms with Crippen molar-refractivity contribution in [3.8, 4) is 5.75 Å². The number of carbonyl (C=O) groups is 1. The van der Waals surface area contributed by atoms with Crippen LogP contribution in [0.15, 0.2) is 36.4 Å². The maximum Gasteiger partial charge on any atom is 0.573 e. The maximum atomic E-state index is 12.6. The molecule has 0 unspecified atom stereocenters. The zero-order valence-electron chi connectivity index (χ0n) is 15.0. The number of hydrogen-bond donors (Lipinski definition) is 2. The van der Waals surface area contributed by atoms with Gasteiger partial charge in [-0.3, -0.25) is 4.79 Å². The Morgan fingerprint density at radius 1 is 1.21 bits per heavy atom. The van der Waals surface area contributed by atoms with E-state index in [1.54, 1.807) is 0 Å². The molecule has 3 N–H and O–H groups in total. The summed E-state index contributed by atoms with van der Waals surface area (Å²) in [5.41, 5.74) is 7.71. The Morgan fingerprint density at radius 3 is 2.57 bits per heavy atom. The van der Waals surface area contributed by atoms with Gasteiger partial charge in [0.15, 0.2) is 0 Å². The predicted octanol–water partition coefficient (Wildman–Crippen LogP) is 5.37. The molecule has 1 aromatic carbocycles. The third-order valence-electron chi connectivity index (χ3n) is 3.99. The summed E-state index contributed by atoms with van der Waals surface area (Å²) in [4.78, 5) is 18.1. The van der Waals surface area contributed by atoms with Crippen molar-refractivity contribution in [2.75, 3.05) is 11.1 Å². The van der Waals surface area contributed by atoms with Crippen LogP contribution in [0.2, 0.25) is 0 Å². The van der Waals surface area contributed by atoms with E-state index < -0.39 is 12.3 Å². The fraction of sp³-hybridized carbons (Fsp3) is 0.263. The number of halogens is 3. The lowest BCUT2D eigenvalue weighted by atomic mass is 10.1. The number of anilines is 2. The minimum absolute atomic E-state index is 0.311. The van der Waals surface area contributed by atoms with Crippen molar-refractivity contribution >= 4 is 38.8 Å². The number of alkyl halides is 3. The molecule has 2 heterocycles. The zero-order valence-corrected chi connectivity index (χ0v) is 15.8. The Hall–Kier alpha value is -2.81. The predicted molar refractivity (Wildman–Crippen MR) is 104 cm³/mol. The summed E-state index contributed by atoms with van der Waals surface area (Å²) < 4.78 is 40.4. The van der Waals surface area contributed by atoms with Crippen LogP contribution in [0, 0.1) is 0 Å². The Kier molecular flexibility index (Phi) is 5.73. The minimum atomic E-state index is -4.76. The fourth-order valence-corrected chi connectivity index (χ4v) is 3.64. The number of nitrogens with two attached hydrogens (primary N) is 1. The molecule has 0 radical (unpaired) electrons. The molecule has 3 aromatic rings. The molecule has 3 rings (SSSR count). The Bertz CT molecular complexity index is 984. The van der Waals surface area contributed by atoms with E-state index in [1.165, 1.54) is 23.5 Å². The molecule has 1 amide bonds. The molecular weight excluding hydrogens is 391 g/mol. The number of nitrogens with one attached hydrogen (secondary N) is 1. The van der Waals surface area contributed by atoms with Crippen LogP contribution in [-0.2, 0) is 6.42 Å². The number of carbonyl (C=O) groups excluding carboxylic acids is 1. The van der Waals surface area contributed by atoms with Gasteiger partial charge in [-0.05, 0) is 49.2 Å². The van der Waals surface area contributed by atoms with Gasteiger partial charge in [0.2, 0.25) is 0 Å². The number of ether oxygens (including phenoxy) is 1. The van der Waals surface area contributed by atoms with Crippen LogP contribution in [-0.4, -0.2) is 17.3 Å². The van der Waals surface area contributed by atoms with E-state index in [-0.39, 0.29) is 5.75 Å².